The minimum Gasteiger partial charge on any atom is -0.349 e. The van der Waals surface area contributed by atoms with Crippen LogP contribution in [0.25, 0.3) is 0 Å². The van der Waals surface area contributed by atoms with Crippen molar-refractivity contribution >= 4 is 39.8 Å². The van der Waals surface area contributed by atoms with E-state index in [0.717, 1.165) is 12.8 Å². The predicted octanol–water partition coefficient (Wildman–Crippen LogP) is 1.78. The first-order valence-electron chi connectivity index (χ1n) is 6.76. The molecule has 8 heteroatoms. The Morgan fingerprint density at radius 2 is 1.91 bits per heavy atom. The van der Waals surface area contributed by atoms with Gasteiger partial charge in [0, 0.05) is 11.6 Å². The van der Waals surface area contributed by atoms with Crippen molar-refractivity contribution in [3.63, 3.8) is 0 Å². The normalized spacial score (nSPS) is 17.2. The zero-order valence-corrected chi connectivity index (χ0v) is 14.6. The lowest BCUT2D eigenvalue weighted by molar-refractivity contribution is -0.120. The van der Waals surface area contributed by atoms with Crippen LogP contribution >= 0.6 is 24.0 Å². The molecule has 1 fully saturated rings. The Balaban J connectivity index is 0.00000242. The SMILES string of the molecule is CC(CN)(NC(=O)CS(=O)(=O)c1ccc(Cl)cc1)C1CC1.Cl. The number of sulfone groups is 1. The van der Waals surface area contributed by atoms with E-state index in [9.17, 15) is 13.2 Å². The summed E-state index contributed by atoms with van der Waals surface area (Å²) in [6.45, 7) is 2.15. The summed E-state index contributed by atoms with van der Waals surface area (Å²) in [5, 5.41) is 3.22. The summed E-state index contributed by atoms with van der Waals surface area (Å²) < 4.78 is 24.4. The van der Waals surface area contributed by atoms with Gasteiger partial charge in [-0.15, -0.1) is 12.4 Å². The van der Waals surface area contributed by atoms with Crippen molar-refractivity contribution in [2.24, 2.45) is 11.7 Å². The Bertz CT molecular complexity index is 630. The van der Waals surface area contributed by atoms with Gasteiger partial charge in [0.2, 0.25) is 5.91 Å². The number of hydrogen-bond acceptors (Lipinski definition) is 4. The molecule has 5 nitrogen and oxygen atoms in total. The number of carbonyl (C=O) groups excluding carboxylic acids is 1. The van der Waals surface area contributed by atoms with Crippen LogP contribution in [-0.4, -0.2) is 32.2 Å². The van der Waals surface area contributed by atoms with Gasteiger partial charge >= 0.3 is 0 Å². The quantitative estimate of drug-likeness (QED) is 0.802. The molecule has 1 aromatic rings. The van der Waals surface area contributed by atoms with Crippen LogP contribution in [0.4, 0.5) is 0 Å². The number of rotatable bonds is 6. The molecule has 1 atom stereocenters. The Labute approximate surface area is 141 Å². The van der Waals surface area contributed by atoms with Gasteiger partial charge in [0.25, 0.3) is 0 Å². The third kappa shape index (κ3) is 4.59. The summed E-state index contributed by atoms with van der Waals surface area (Å²) in [5.41, 5.74) is 5.19. The molecule has 0 aliphatic heterocycles. The summed E-state index contributed by atoms with van der Waals surface area (Å²) in [4.78, 5) is 12.1. The number of amides is 1. The van der Waals surface area contributed by atoms with Crippen LogP contribution in [-0.2, 0) is 14.6 Å². The van der Waals surface area contributed by atoms with Gasteiger partial charge in [0.05, 0.1) is 10.4 Å². The highest BCUT2D eigenvalue weighted by molar-refractivity contribution is 7.92. The van der Waals surface area contributed by atoms with E-state index in [1.165, 1.54) is 24.3 Å². The first-order chi connectivity index (χ1) is 9.77. The van der Waals surface area contributed by atoms with Gasteiger partial charge in [0.1, 0.15) is 5.75 Å². The third-order valence-electron chi connectivity index (χ3n) is 3.82. The maximum Gasteiger partial charge on any atom is 0.236 e. The maximum absolute atomic E-state index is 12.2. The third-order valence-corrected chi connectivity index (χ3v) is 5.71. The van der Waals surface area contributed by atoms with Gasteiger partial charge in [0.15, 0.2) is 9.84 Å². The lowest BCUT2D eigenvalue weighted by Gasteiger charge is -2.29. The second kappa shape index (κ2) is 7.17. The van der Waals surface area contributed by atoms with Crippen LogP contribution in [0, 0.1) is 5.92 Å². The number of hydrogen-bond donors (Lipinski definition) is 2. The van der Waals surface area contributed by atoms with Crippen LogP contribution in [0.2, 0.25) is 5.02 Å². The van der Waals surface area contributed by atoms with E-state index in [0.29, 0.717) is 17.5 Å². The summed E-state index contributed by atoms with van der Waals surface area (Å²) in [5.74, 6) is -0.772. The molecule has 0 heterocycles. The van der Waals surface area contributed by atoms with Gasteiger partial charge < -0.3 is 11.1 Å². The van der Waals surface area contributed by atoms with E-state index in [4.69, 9.17) is 17.3 Å². The molecule has 3 N–H and O–H groups in total. The number of benzene rings is 1. The molecule has 2 rings (SSSR count). The van der Waals surface area contributed by atoms with E-state index >= 15 is 0 Å². The van der Waals surface area contributed by atoms with Gasteiger partial charge in [-0.2, -0.15) is 0 Å². The molecular formula is C14H20Cl2N2O3S. The summed E-state index contributed by atoms with van der Waals surface area (Å²) in [6, 6.07) is 5.77. The Hall–Kier alpha value is -0.820. The lowest BCUT2D eigenvalue weighted by atomic mass is 9.96. The Morgan fingerprint density at radius 3 is 2.36 bits per heavy atom. The van der Waals surface area contributed by atoms with Crippen molar-refractivity contribution in [3.8, 4) is 0 Å². The zero-order chi connectivity index (χ0) is 15.7. The largest absolute Gasteiger partial charge is 0.349 e. The molecule has 1 aromatic carbocycles. The molecule has 1 aliphatic rings. The molecule has 0 radical (unpaired) electrons. The van der Waals surface area contributed by atoms with Crippen LogP contribution in [0.1, 0.15) is 19.8 Å². The van der Waals surface area contributed by atoms with Crippen LogP contribution in [0.3, 0.4) is 0 Å². The van der Waals surface area contributed by atoms with Crippen molar-refractivity contribution in [2.75, 3.05) is 12.3 Å². The van der Waals surface area contributed by atoms with Gasteiger partial charge in [-0.1, -0.05) is 11.6 Å². The summed E-state index contributed by atoms with van der Waals surface area (Å²) in [6.07, 6.45) is 2.02. The fourth-order valence-electron chi connectivity index (χ4n) is 2.29. The average Bonchev–Trinajstić information content (AvgIpc) is 3.22. The molecule has 0 bridgehead atoms. The van der Waals surface area contributed by atoms with Gasteiger partial charge in [-0.05, 0) is 49.9 Å². The van der Waals surface area contributed by atoms with Crippen molar-refractivity contribution in [1.29, 1.82) is 0 Å². The van der Waals surface area contributed by atoms with Gasteiger partial charge in [-0.3, -0.25) is 4.79 Å². The molecule has 1 saturated carbocycles. The van der Waals surface area contributed by atoms with Crippen LogP contribution in [0.15, 0.2) is 29.2 Å². The van der Waals surface area contributed by atoms with E-state index in [1.807, 2.05) is 6.92 Å². The summed E-state index contributed by atoms with van der Waals surface area (Å²) in [7, 11) is -3.67. The number of nitrogens with one attached hydrogen (secondary N) is 1. The number of nitrogens with two attached hydrogens (primary N) is 1. The monoisotopic (exact) mass is 366 g/mol. The molecule has 0 saturated heterocycles. The van der Waals surface area contributed by atoms with Gasteiger partial charge in [-0.25, -0.2) is 8.42 Å². The molecule has 124 valence electrons. The molecular weight excluding hydrogens is 347 g/mol. The van der Waals surface area contributed by atoms with Crippen LogP contribution in [0.5, 0.6) is 0 Å². The Morgan fingerprint density at radius 1 is 1.36 bits per heavy atom. The highest BCUT2D eigenvalue weighted by atomic mass is 35.5. The van der Waals surface area contributed by atoms with E-state index in [1.54, 1.807) is 0 Å². The smallest absolute Gasteiger partial charge is 0.236 e. The van der Waals surface area contributed by atoms with Crippen LogP contribution < -0.4 is 11.1 Å². The highest BCUT2D eigenvalue weighted by Crippen LogP contribution is 2.38. The maximum atomic E-state index is 12.2. The van der Waals surface area contributed by atoms with Crippen molar-refractivity contribution in [2.45, 2.75) is 30.2 Å². The molecule has 0 aromatic heterocycles. The van der Waals surface area contributed by atoms with Crippen molar-refractivity contribution in [3.05, 3.63) is 29.3 Å². The second-order valence-corrected chi connectivity index (χ2v) is 8.08. The topological polar surface area (TPSA) is 89.3 Å². The second-order valence-electron chi connectivity index (χ2n) is 5.66. The average molecular weight is 367 g/mol. The lowest BCUT2D eigenvalue weighted by Crippen LogP contribution is -2.54. The van der Waals surface area contributed by atoms with E-state index in [-0.39, 0.29) is 17.3 Å². The van der Waals surface area contributed by atoms with Crippen molar-refractivity contribution in [1.82, 2.24) is 5.32 Å². The zero-order valence-electron chi connectivity index (χ0n) is 12.2. The number of carbonyl (C=O) groups is 1. The molecule has 1 unspecified atom stereocenters. The highest BCUT2D eigenvalue weighted by Gasteiger charge is 2.41. The predicted molar refractivity (Wildman–Crippen MR) is 89.1 cm³/mol. The molecule has 1 aliphatic carbocycles. The Kier molecular flexibility index (Phi) is 6.27. The molecule has 1 amide bonds. The minimum absolute atomic E-state index is 0. The first-order valence-corrected chi connectivity index (χ1v) is 8.79. The molecule has 0 spiro atoms. The summed E-state index contributed by atoms with van der Waals surface area (Å²) >= 11 is 5.73. The number of halogens is 2. The minimum atomic E-state index is -3.67. The first kappa shape index (κ1) is 19.2. The van der Waals surface area contributed by atoms with E-state index in [2.05, 4.69) is 5.32 Å². The fraction of sp³-hybridized carbons (Fsp3) is 0.500. The standard InChI is InChI=1S/C14H19ClN2O3S.ClH/c1-14(9-16,10-2-3-10)17-13(18)8-21(19,20)12-6-4-11(15)5-7-12;/h4-7,10H,2-3,8-9,16H2,1H3,(H,17,18);1H. The van der Waals surface area contributed by atoms with Crippen molar-refractivity contribution < 1.29 is 13.2 Å². The van der Waals surface area contributed by atoms with E-state index < -0.39 is 27.0 Å². The molecule has 22 heavy (non-hydrogen) atoms. The fourth-order valence-corrected chi connectivity index (χ4v) is 3.55.